The Balaban J connectivity index is 1.88. The molecule has 0 radical (unpaired) electrons. The molecule has 0 aliphatic heterocycles. The topological polar surface area (TPSA) is 75.1 Å². The second-order valence-electron chi connectivity index (χ2n) is 4.87. The second-order valence-corrected chi connectivity index (χ2v) is 5.24. The number of anilines is 1. The number of H-pyrrole nitrogens is 1. The summed E-state index contributed by atoms with van der Waals surface area (Å²) in [6.45, 7) is 4.32. The highest BCUT2D eigenvalue weighted by molar-refractivity contribution is 6.31. The molecule has 0 amide bonds. The van der Waals surface area contributed by atoms with Crippen LogP contribution in [0.5, 0.6) is 0 Å². The molecule has 3 rings (SSSR count). The van der Waals surface area contributed by atoms with Crippen molar-refractivity contribution in [3.63, 3.8) is 0 Å². The van der Waals surface area contributed by atoms with E-state index in [1.807, 2.05) is 25.1 Å². The minimum atomic E-state index is -0.352. The molecule has 6 nitrogen and oxygen atoms in total. The summed E-state index contributed by atoms with van der Waals surface area (Å²) < 4.78 is 1.23. The zero-order valence-electron chi connectivity index (χ0n) is 11.6. The molecular formula is C14H14ClN5O. The van der Waals surface area contributed by atoms with E-state index in [0.717, 1.165) is 5.56 Å². The van der Waals surface area contributed by atoms with Gasteiger partial charge in [0.2, 0.25) is 5.95 Å². The van der Waals surface area contributed by atoms with Crippen molar-refractivity contribution in [1.29, 1.82) is 0 Å². The Hall–Kier alpha value is -2.34. The maximum Gasteiger partial charge on any atom is 0.293 e. The minimum absolute atomic E-state index is 0.0985. The molecule has 0 unspecified atom stereocenters. The molecule has 0 bridgehead atoms. The molecule has 7 heteroatoms. The van der Waals surface area contributed by atoms with Crippen LogP contribution >= 0.6 is 11.6 Å². The summed E-state index contributed by atoms with van der Waals surface area (Å²) >= 11 is 5.89. The number of aryl methyl sites for hydroxylation is 2. The lowest BCUT2D eigenvalue weighted by molar-refractivity contribution is 0.886. The average Bonchev–Trinajstić information content (AvgIpc) is 2.86. The number of rotatable bonds is 3. The largest absolute Gasteiger partial charge is 0.351 e. The van der Waals surface area contributed by atoms with Gasteiger partial charge in [-0.05, 0) is 19.4 Å². The Bertz CT molecular complexity index is 867. The van der Waals surface area contributed by atoms with Gasteiger partial charge in [0.15, 0.2) is 0 Å². The maximum absolute atomic E-state index is 12.0. The second kappa shape index (κ2) is 5.21. The minimum Gasteiger partial charge on any atom is -0.351 e. The van der Waals surface area contributed by atoms with Gasteiger partial charge in [-0.25, -0.2) is 4.98 Å². The maximum atomic E-state index is 12.0. The monoisotopic (exact) mass is 303 g/mol. The molecule has 1 aromatic carbocycles. The first kappa shape index (κ1) is 13.6. The van der Waals surface area contributed by atoms with Crippen LogP contribution in [0.15, 0.2) is 29.1 Å². The number of benzene rings is 1. The van der Waals surface area contributed by atoms with E-state index in [2.05, 4.69) is 26.4 Å². The van der Waals surface area contributed by atoms with E-state index >= 15 is 0 Å². The van der Waals surface area contributed by atoms with Crippen molar-refractivity contribution in [3.8, 4) is 0 Å². The van der Waals surface area contributed by atoms with Gasteiger partial charge in [-0.1, -0.05) is 41.4 Å². The fourth-order valence-electron chi connectivity index (χ4n) is 2.09. The van der Waals surface area contributed by atoms with Crippen molar-refractivity contribution < 1.29 is 0 Å². The molecule has 0 fully saturated rings. The summed E-state index contributed by atoms with van der Waals surface area (Å²) in [6, 6.07) is 8.15. The molecule has 0 saturated heterocycles. The first-order chi connectivity index (χ1) is 10.0. The van der Waals surface area contributed by atoms with Crippen molar-refractivity contribution >= 4 is 23.3 Å². The van der Waals surface area contributed by atoms with Crippen LogP contribution < -0.4 is 10.9 Å². The zero-order chi connectivity index (χ0) is 15.0. The van der Waals surface area contributed by atoms with Crippen LogP contribution in [0.3, 0.4) is 0 Å². The fourth-order valence-corrected chi connectivity index (χ4v) is 2.21. The van der Waals surface area contributed by atoms with Crippen LogP contribution in [0.4, 0.5) is 5.95 Å². The fraction of sp³-hybridized carbons (Fsp3) is 0.214. The summed E-state index contributed by atoms with van der Waals surface area (Å²) in [7, 11) is 0. The number of hydrogen-bond donors (Lipinski definition) is 2. The number of nitrogens with zero attached hydrogens (tertiary/aromatic N) is 3. The number of aromatic amines is 1. The molecule has 3 aromatic rings. The van der Waals surface area contributed by atoms with Crippen LogP contribution in [0, 0.1) is 13.8 Å². The number of hydrogen-bond acceptors (Lipinski definition) is 4. The Morgan fingerprint density at radius 1 is 1.33 bits per heavy atom. The standard InChI is InChI=1S/C14H14ClN5O/c1-8-4-3-5-10(6-8)7-16-13-18-14-17-9(2)11(15)12(21)20(14)19-13/h3-6H,7H2,1-2H3,(H2,16,17,18,19). The summed E-state index contributed by atoms with van der Waals surface area (Å²) in [5.41, 5.74) is 2.44. The highest BCUT2D eigenvalue weighted by Crippen LogP contribution is 2.10. The van der Waals surface area contributed by atoms with E-state index < -0.39 is 0 Å². The third kappa shape index (κ3) is 2.62. The normalized spacial score (nSPS) is 11.0. The number of aromatic nitrogens is 4. The van der Waals surface area contributed by atoms with Gasteiger partial charge in [0.25, 0.3) is 11.3 Å². The first-order valence-corrected chi connectivity index (χ1v) is 6.86. The lowest BCUT2D eigenvalue weighted by Gasteiger charge is -2.03. The molecule has 0 aliphatic carbocycles. The Morgan fingerprint density at radius 3 is 2.90 bits per heavy atom. The van der Waals surface area contributed by atoms with Crippen LogP contribution in [0.1, 0.15) is 16.8 Å². The van der Waals surface area contributed by atoms with Gasteiger partial charge >= 0.3 is 0 Å². The van der Waals surface area contributed by atoms with E-state index in [4.69, 9.17) is 11.6 Å². The van der Waals surface area contributed by atoms with Gasteiger partial charge in [0.1, 0.15) is 5.02 Å². The quantitative estimate of drug-likeness (QED) is 0.778. The SMILES string of the molecule is Cc1cccc(CNc2nc3nc(C)c(Cl)c(=O)n3[nH]2)c1. The molecule has 0 atom stereocenters. The summed E-state index contributed by atoms with van der Waals surface area (Å²) in [4.78, 5) is 20.4. The third-order valence-electron chi connectivity index (χ3n) is 3.15. The predicted molar refractivity (Wildman–Crippen MR) is 81.9 cm³/mol. The Morgan fingerprint density at radius 2 is 2.14 bits per heavy atom. The number of fused-ring (bicyclic) bond motifs is 1. The van der Waals surface area contributed by atoms with E-state index in [1.54, 1.807) is 6.92 Å². The molecule has 0 spiro atoms. The van der Waals surface area contributed by atoms with Gasteiger partial charge in [-0.2, -0.15) is 9.50 Å². The molecule has 0 saturated carbocycles. The molecule has 2 aromatic heterocycles. The van der Waals surface area contributed by atoms with Crippen molar-refractivity contribution in [2.75, 3.05) is 5.32 Å². The Kier molecular flexibility index (Phi) is 3.39. The van der Waals surface area contributed by atoms with E-state index in [0.29, 0.717) is 24.0 Å². The molecule has 2 heterocycles. The van der Waals surface area contributed by atoms with E-state index in [1.165, 1.54) is 10.1 Å². The van der Waals surface area contributed by atoms with Gasteiger partial charge in [-0.15, -0.1) is 0 Å². The van der Waals surface area contributed by atoms with Gasteiger partial charge in [-0.3, -0.25) is 9.89 Å². The highest BCUT2D eigenvalue weighted by atomic mass is 35.5. The van der Waals surface area contributed by atoms with Crippen LogP contribution in [0.2, 0.25) is 5.02 Å². The van der Waals surface area contributed by atoms with Crippen LogP contribution in [0.25, 0.3) is 5.78 Å². The summed E-state index contributed by atoms with van der Waals surface area (Å²) in [6.07, 6.45) is 0. The van der Waals surface area contributed by atoms with E-state index in [9.17, 15) is 4.79 Å². The van der Waals surface area contributed by atoms with Crippen molar-refractivity contribution in [2.45, 2.75) is 20.4 Å². The van der Waals surface area contributed by atoms with Crippen molar-refractivity contribution in [2.24, 2.45) is 0 Å². The van der Waals surface area contributed by atoms with Gasteiger partial charge in [0.05, 0.1) is 5.69 Å². The first-order valence-electron chi connectivity index (χ1n) is 6.49. The number of halogens is 1. The predicted octanol–water partition coefficient (Wildman–Crippen LogP) is 2.30. The Labute approximate surface area is 125 Å². The molecule has 108 valence electrons. The van der Waals surface area contributed by atoms with Crippen molar-refractivity contribution in [1.82, 2.24) is 19.6 Å². The van der Waals surface area contributed by atoms with E-state index in [-0.39, 0.29) is 10.6 Å². The number of nitrogens with one attached hydrogen (secondary N) is 2. The average molecular weight is 304 g/mol. The molecular weight excluding hydrogens is 290 g/mol. The van der Waals surface area contributed by atoms with Crippen LogP contribution in [-0.2, 0) is 6.54 Å². The lowest BCUT2D eigenvalue weighted by Crippen LogP contribution is -2.17. The zero-order valence-corrected chi connectivity index (χ0v) is 12.4. The summed E-state index contributed by atoms with van der Waals surface area (Å²) in [5, 5.41) is 6.08. The van der Waals surface area contributed by atoms with Crippen molar-refractivity contribution in [3.05, 3.63) is 56.5 Å². The third-order valence-corrected chi connectivity index (χ3v) is 3.58. The molecule has 2 N–H and O–H groups in total. The van der Waals surface area contributed by atoms with Gasteiger partial charge < -0.3 is 5.32 Å². The molecule has 21 heavy (non-hydrogen) atoms. The van der Waals surface area contributed by atoms with Crippen LogP contribution in [-0.4, -0.2) is 19.6 Å². The summed E-state index contributed by atoms with van der Waals surface area (Å²) in [5.74, 6) is 0.774. The van der Waals surface area contributed by atoms with Gasteiger partial charge in [0, 0.05) is 6.54 Å². The molecule has 0 aliphatic rings. The smallest absolute Gasteiger partial charge is 0.293 e. The highest BCUT2D eigenvalue weighted by Gasteiger charge is 2.11. The lowest BCUT2D eigenvalue weighted by atomic mass is 10.1.